The third-order valence-electron chi connectivity index (χ3n) is 3.60. The largest absolute Gasteiger partial charge is 0.303 e. The van der Waals surface area contributed by atoms with Gasteiger partial charge >= 0.3 is 0 Å². The van der Waals surface area contributed by atoms with Gasteiger partial charge in [-0.2, -0.15) is 0 Å². The molecular formula is C16H23NO. The highest BCUT2D eigenvalue weighted by Gasteiger charge is 2.19. The maximum absolute atomic E-state index is 12.4. The molecule has 0 N–H and O–H groups in total. The summed E-state index contributed by atoms with van der Waals surface area (Å²) in [5, 5.41) is 0. The summed E-state index contributed by atoms with van der Waals surface area (Å²) in [5.41, 5.74) is 1.14. The Bertz CT molecular complexity index is 472. The van der Waals surface area contributed by atoms with Crippen LogP contribution in [0.15, 0.2) is 24.2 Å². The summed E-state index contributed by atoms with van der Waals surface area (Å²) in [4.78, 5) is 14.8. The third-order valence-corrected chi connectivity index (χ3v) is 3.60. The minimum Gasteiger partial charge on any atom is -0.303 e. The summed E-state index contributed by atoms with van der Waals surface area (Å²) in [6.07, 6.45) is 3.74. The van der Waals surface area contributed by atoms with E-state index in [0.717, 1.165) is 19.6 Å². The number of Topliss-reactive ketones (excluding diaryl/α,β-unsaturated/α-hetero) is 1. The van der Waals surface area contributed by atoms with Crippen LogP contribution in [0.5, 0.6) is 0 Å². The van der Waals surface area contributed by atoms with Gasteiger partial charge in [0.1, 0.15) is 0 Å². The molecule has 0 amide bonds. The van der Waals surface area contributed by atoms with Gasteiger partial charge in [-0.15, -0.1) is 0 Å². The summed E-state index contributed by atoms with van der Waals surface area (Å²) in [6.45, 7) is 6.64. The normalized spacial score (nSPS) is 20.1. The Morgan fingerprint density at radius 1 is 1.33 bits per heavy atom. The number of piperidine rings is 1. The lowest BCUT2D eigenvalue weighted by Gasteiger charge is -2.28. The quantitative estimate of drug-likeness (QED) is 0.761. The van der Waals surface area contributed by atoms with E-state index in [-0.39, 0.29) is 23.8 Å². The molecule has 0 bridgehead atoms. The van der Waals surface area contributed by atoms with Crippen molar-refractivity contribution in [3.05, 3.63) is 35.3 Å². The van der Waals surface area contributed by atoms with Crippen LogP contribution in [-0.4, -0.2) is 30.3 Å². The van der Waals surface area contributed by atoms with Crippen LogP contribution in [0.1, 0.15) is 44.8 Å². The van der Waals surface area contributed by atoms with Crippen molar-refractivity contribution in [3.8, 4) is 0 Å². The zero-order valence-corrected chi connectivity index (χ0v) is 11.3. The second-order valence-electron chi connectivity index (χ2n) is 5.28. The van der Waals surface area contributed by atoms with E-state index in [0.29, 0.717) is 11.1 Å². The molecule has 1 aromatic carbocycles. The van der Waals surface area contributed by atoms with Crippen LogP contribution >= 0.6 is 0 Å². The molecule has 0 radical (unpaired) electrons. The molecule has 1 saturated heterocycles. The van der Waals surface area contributed by atoms with E-state index in [4.69, 9.17) is 2.74 Å². The van der Waals surface area contributed by atoms with Gasteiger partial charge in [-0.05, 0) is 32.9 Å². The zero-order chi connectivity index (χ0) is 14.7. The molecule has 1 aliphatic rings. The molecule has 0 aliphatic carbocycles. The summed E-state index contributed by atoms with van der Waals surface area (Å²) in [5.74, 6) is -0.0211. The first kappa shape index (κ1) is 10.7. The molecule has 0 spiro atoms. The fourth-order valence-electron chi connectivity index (χ4n) is 2.49. The SMILES string of the molecule is [2H]c1cc(C(=O)C(C)CN2CCCCC2)cc([2H])c1C. The Kier molecular flexibility index (Phi) is 3.67. The first-order chi connectivity index (χ1) is 9.49. The summed E-state index contributed by atoms with van der Waals surface area (Å²) in [7, 11) is 0. The lowest BCUT2D eigenvalue weighted by atomic mass is 9.97. The van der Waals surface area contributed by atoms with Crippen molar-refractivity contribution >= 4 is 5.78 Å². The van der Waals surface area contributed by atoms with Crippen LogP contribution < -0.4 is 0 Å². The number of likely N-dealkylation sites (tertiary alicyclic amines) is 1. The number of ketones is 1. The maximum atomic E-state index is 12.4. The number of hydrogen-bond donors (Lipinski definition) is 0. The molecule has 18 heavy (non-hydrogen) atoms. The van der Waals surface area contributed by atoms with Crippen molar-refractivity contribution in [2.45, 2.75) is 33.1 Å². The zero-order valence-electron chi connectivity index (χ0n) is 13.3. The van der Waals surface area contributed by atoms with E-state index in [9.17, 15) is 4.79 Å². The highest BCUT2D eigenvalue weighted by molar-refractivity contribution is 5.97. The minimum atomic E-state index is -0.0744. The molecule has 0 aromatic heterocycles. The van der Waals surface area contributed by atoms with Gasteiger partial charge in [0.25, 0.3) is 0 Å². The Balaban J connectivity index is 2.06. The van der Waals surface area contributed by atoms with Crippen LogP contribution in [0.2, 0.25) is 0 Å². The molecule has 1 heterocycles. The predicted octanol–water partition coefficient (Wildman–Crippen LogP) is 3.30. The molecule has 2 rings (SSSR count). The van der Waals surface area contributed by atoms with Crippen LogP contribution in [0, 0.1) is 12.8 Å². The van der Waals surface area contributed by atoms with Gasteiger partial charge in [-0.25, -0.2) is 0 Å². The van der Waals surface area contributed by atoms with Crippen molar-refractivity contribution in [1.29, 1.82) is 0 Å². The number of carbonyl (C=O) groups is 1. The molecule has 2 heteroatoms. The second-order valence-corrected chi connectivity index (χ2v) is 5.28. The monoisotopic (exact) mass is 247 g/mol. The standard InChI is InChI=1S/C16H23NO/c1-13-6-8-15(9-7-13)16(18)14(2)12-17-10-4-3-5-11-17/h6-9,14H,3-5,10-12H2,1-2H3/i6D,7D. The summed E-state index contributed by atoms with van der Waals surface area (Å²) in [6, 6.07) is 3.77. The summed E-state index contributed by atoms with van der Waals surface area (Å²) < 4.78 is 15.6. The van der Waals surface area contributed by atoms with Gasteiger partial charge in [0.2, 0.25) is 0 Å². The Labute approximate surface area is 113 Å². The van der Waals surface area contributed by atoms with Crippen molar-refractivity contribution in [3.63, 3.8) is 0 Å². The molecule has 1 unspecified atom stereocenters. The average Bonchev–Trinajstić information content (AvgIpc) is 2.44. The molecule has 1 aliphatic heterocycles. The van der Waals surface area contributed by atoms with E-state index in [1.807, 2.05) is 6.92 Å². The number of rotatable bonds is 4. The van der Waals surface area contributed by atoms with Crippen molar-refractivity contribution in [2.75, 3.05) is 19.6 Å². The van der Waals surface area contributed by atoms with Crippen molar-refractivity contribution < 1.29 is 7.54 Å². The fraction of sp³-hybridized carbons (Fsp3) is 0.562. The van der Waals surface area contributed by atoms with Crippen molar-refractivity contribution in [2.24, 2.45) is 5.92 Å². The maximum Gasteiger partial charge on any atom is 0.166 e. The van der Waals surface area contributed by atoms with Gasteiger partial charge in [0, 0.05) is 18.0 Å². The van der Waals surface area contributed by atoms with E-state index in [1.165, 1.54) is 19.3 Å². The van der Waals surface area contributed by atoms with E-state index < -0.39 is 0 Å². The van der Waals surface area contributed by atoms with E-state index in [1.54, 1.807) is 19.1 Å². The van der Waals surface area contributed by atoms with Gasteiger partial charge in [0.05, 0.1) is 2.74 Å². The van der Waals surface area contributed by atoms with Crippen molar-refractivity contribution in [1.82, 2.24) is 4.90 Å². The number of carbonyl (C=O) groups excluding carboxylic acids is 1. The van der Waals surface area contributed by atoms with Crippen LogP contribution in [0.3, 0.4) is 0 Å². The van der Waals surface area contributed by atoms with Crippen LogP contribution in [-0.2, 0) is 0 Å². The van der Waals surface area contributed by atoms with Crippen LogP contribution in [0.4, 0.5) is 0 Å². The predicted molar refractivity (Wildman–Crippen MR) is 75.0 cm³/mol. The second kappa shape index (κ2) is 6.14. The minimum absolute atomic E-state index is 0.0533. The third kappa shape index (κ3) is 3.42. The van der Waals surface area contributed by atoms with Gasteiger partial charge in [0.15, 0.2) is 5.78 Å². The number of nitrogens with zero attached hydrogens (tertiary/aromatic N) is 1. The lowest BCUT2D eigenvalue weighted by Crippen LogP contribution is -2.35. The highest BCUT2D eigenvalue weighted by atomic mass is 16.1. The molecule has 1 atom stereocenters. The number of hydrogen-bond acceptors (Lipinski definition) is 2. The first-order valence-corrected chi connectivity index (χ1v) is 6.83. The molecule has 1 aromatic rings. The Morgan fingerprint density at radius 3 is 2.56 bits per heavy atom. The summed E-state index contributed by atoms with van der Waals surface area (Å²) >= 11 is 0. The first-order valence-electron chi connectivity index (χ1n) is 7.83. The van der Waals surface area contributed by atoms with Gasteiger partial charge in [-0.1, -0.05) is 43.1 Å². The average molecular weight is 247 g/mol. The van der Waals surface area contributed by atoms with Crippen LogP contribution in [0.25, 0.3) is 0 Å². The lowest BCUT2D eigenvalue weighted by molar-refractivity contribution is 0.0883. The topological polar surface area (TPSA) is 20.3 Å². The van der Waals surface area contributed by atoms with Gasteiger partial charge < -0.3 is 4.90 Å². The fourth-order valence-corrected chi connectivity index (χ4v) is 2.49. The Hall–Kier alpha value is -1.15. The highest BCUT2D eigenvalue weighted by Crippen LogP contribution is 2.15. The number of benzene rings is 1. The molecule has 1 fully saturated rings. The molecule has 2 nitrogen and oxygen atoms in total. The molecular weight excluding hydrogens is 222 g/mol. The molecule has 98 valence electrons. The van der Waals surface area contributed by atoms with Gasteiger partial charge in [-0.3, -0.25) is 4.79 Å². The Morgan fingerprint density at radius 2 is 1.94 bits per heavy atom. The van der Waals surface area contributed by atoms with E-state index >= 15 is 0 Å². The van der Waals surface area contributed by atoms with E-state index in [2.05, 4.69) is 4.90 Å². The molecule has 0 saturated carbocycles. The smallest absolute Gasteiger partial charge is 0.166 e.